The number of carbonyl (C=O) groups is 3. The van der Waals surface area contributed by atoms with Crippen molar-refractivity contribution in [1.82, 2.24) is 9.80 Å². The summed E-state index contributed by atoms with van der Waals surface area (Å²) in [7, 11) is 4.67. The molecule has 6 rings (SSSR count). The van der Waals surface area contributed by atoms with Crippen LogP contribution in [0.1, 0.15) is 70.4 Å². The molecule has 4 aromatic rings. The second-order valence-corrected chi connectivity index (χ2v) is 14.2. The molecule has 11 heteroatoms. The Hall–Kier alpha value is -5.84. The Labute approximate surface area is 309 Å². The van der Waals surface area contributed by atoms with Gasteiger partial charge in [0.05, 0.1) is 36.1 Å². The number of benzene rings is 4. The van der Waals surface area contributed by atoms with E-state index in [1.807, 2.05) is 68.4 Å². The second kappa shape index (κ2) is 15.0. The van der Waals surface area contributed by atoms with Crippen LogP contribution in [0.25, 0.3) is 11.1 Å². The summed E-state index contributed by atoms with van der Waals surface area (Å²) in [6.45, 7) is 4.26. The van der Waals surface area contributed by atoms with Gasteiger partial charge >= 0.3 is 12.2 Å². The van der Waals surface area contributed by atoms with Crippen LogP contribution in [-0.4, -0.2) is 84.6 Å². The van der Waals surface area contributed by atoms with Gasteiger partial charge in [0.1, 0.15) is 22.8 Å². The number of amides is 2. The Morgan fingerprint density at radius 2 is 1.47 bits per heavy atom. The summed E-state index contributed by atoms with van der Waals surface area (Å²) in [5.41, 5.74) is 3.56. The van der Waals surface area contributed by atoms with E-state index in [1.165, 1.54) is 16.9 Å². The number of aromatic hydroxyl groups is 2. The third-order valence-corrected chi connectivity index (χ3v) is 10.3. The lowest BCUT2D eigenvalue weighted by Gasteiger charge is -2.31. The molecular weight excluding hydrogens is 674 g/mol. The molecule has 0 bridgehead atoms. The number of ether oxygens (including phenoxy) is 3. The summed E-state index contributed by atoms with van der Waals surface area (Å²) in [5.74, 6) is -0.489. The third kappa shape index (κ3) is 7.28. The smallest absolute Gasteiger partial charge is 0.410 e. The normalized spacial score (nSPS) is 14.8. The number of phenolic OH excluding ortho intramolecular Hbond substituents is 2. The topological polar surface area (TPSA) is 150 Å². The van der Waals surface area contributed by atoms with Gasteiger partial charge in [0.15, 0.2) is 5.78 Å². The Balaban J connectivity index is 0.991. The largest absolute Gasteiger partial charge is 0.507 e. The summed E-state index contributed by atoms with van der Waals surface area (Å²) in [4.78, 5) is 42.2. The van der Waals surface area contributed by atoms with Crippen LogP contribution >= 0.6 is 0 Å². The van der Waals surface area contributed by atoms with E-state index >= 15 is 0 Å². The maximum Gasteiger partial charge on any atom is 0.410 e. The minimum atomic E-state index is -0.877. The first-order chi connectivity index (χ1) is 25.3. The average Bonchev–Trinajstić information content (AvgIpc) is 3.16. The van der Waals surface area contributed by atoms with E-state index < -0.39 is 23.6 Å². The van der Waals surface area contributed by atoms with Gasteiger partial charge in [-0.3, -0.25) is 10.2 Å². The van der Waals surface area contributed by atoms with Crippen LogP contribution in [0.4, 0.5) is 9.59 Å². The molecule has 0 aromatic heterocycles. The number of nitrogens with one attached hydrogen (secondary N) is 1. The lowest BCUT2D eigenvalue weighted by molar-refractivity contribution is 0.0139. The molecule has 0 spiro atoms. The summed E-state index contributed by atoms with van der Waals surface area (Å²) >= 11 is 0. The molecule has 4 aromatic carbocycles. The highest BCUT2D eigenvalue weighted by Crippen LogP contribution is 2.47. The van der Waals surface area contributed by atoms with Crippen molar-refractivity contribution in [2.75, 3.05) is 40.9 Å². The van der Waals surface area contributed by atoms with Gasteiger partial charge in [-0.05, 0) is 68.2 Å². The van der Waals surface area contributed by atoms with Crippen molar-refractivity contribution >= 4 is 23.7 Å². The number of ketones is 1. The Bertz CT molecular complexity index is 2060. The van der Waals surface area contributed by atoms with Crippen molar-refractivity contribution in [2.24, 2.45) is 5.92 Å². The molecule has 2 amide bonds. The van der Waals surface area contributed by atoms with Gasteiger partial charge < -0.3 is 34.2 Å². The van der Waals surface area contributed by atoms with E-state index in [0.29, 0.717) is 48.1 Å². The van der Waals surface area contributed by atoms with Crippen LogP contribution in [0.3, 0.4) is 0 Å². The lowest BCUT2D eigenvalue weighted by atomic mass is 9.75. The van der Waals surface area contributed by atoms with E-state index in [2.05, 4.69) is 0 Å². The number of phenols is 2. The predicted octanol–water partition coefficient (Wildman–Crippen LogP) is 7.30. The molecule has 0 fully saturated rings. The van der Waals surface area contributed by atoms with Gasteiger partial charge in [-0.25, -0.2) is 9.59 Å². The van der Waals surface area contributed by atoms with Crippen LogP contribution in [0, 0.1) is 11.3 Å². The van der Waals surface area contributed by atoms with Crippen LogP contribution in [0.2, 0.25) is 0 Å². The zero-order chi connectivity index (χ0) is 38.0. The molecule has 0 heterocycles. The van der Waals surface area contributed by atoms with Crippen LogP contribution in [-0.2, 0) is 27.9 Å². The fraction of sp³-hybridized carbons (Fsp3) is 0.333. The molecule has 11 nitrogen and oxygen atoms in total. The number of methoxy groups -OCH3 is 1. The lowest BCUT2D eigenvalue weighted by Crippen LogP contribution is -2.40. The summed E-state index contributed by atoms with van der Waals surface area (Å²) in [5, 5.41) is 31.5. The standard InChI is InChI=1S/C42H45N3O8/c1-42(2,28-17-15-27(16-18-28)26-10-7-6-8-11-26)53-41(50)45(4)22-21-44(3)40(49)52-23-20-25-14-19-29-31(24-25)39(48)35-34(37(29)46)36(43)33-30(38(35)47)12-9-13-32(33)51-5/h6-13,15-18,25,43,46,48H,14,19-24H2,1-5H3. The molecule has 2 aliphatic rings. The molecule has 2 aliphatic carbocycles. The SMILES string of the molecule is COc1cccc2c1C(=N)c1c(O)c3c(c(O)c1C2=O)CC(CCOC(=O)N(C)CCN(C)C(=O)OC(C)(C)c1ccc(-c2ccccc2)cc1)CC3. The molecule has 0 saturated heterocycles. The number of likely N-dealkylation sites (N-methyl/N-ethyl adjacent to an activating group) is 2. The minimum absolute atomic E-state index is 0.0216. The first-order valence-electron chi connectivity index (χ1n) is 17.7. The van der Waals surface area contributed by atoms with E-state index in [4.69, 9.17) is 19.6 Å². The van der Waals surface area contributed by atoms with Gasteiger partial charge in [0.25, 0.3) is 0 Å². The van der Waals surface area contributed by atoms with Gasteiger partial charge in [-0.1, -0.05) is 66.7 Å². The molecule has 1 atom stereocenters. The number of hydrogen-bond acceptors (Lipinski definition) is 9. The maximum atomic E-state index is 13.6. The van der Waals surface area contributed by atoms with E-state index in [1.54, 1.807) is 32.3 Å². The van der Waals surface area contributed by atoms with Crippen LogP contribution in [0.15, 0.2) is 72.8 Å². The highest BCUT2D eigenvalue weighted by atomic mass is 16.6. The monoisotopic (exact) mass is 719 g/mol. The van der Waals surface area contributed by atoms with Gasteiger partial charge in [0.2, 0.25) is 0 Å². The first-order valence-corrected chi connectivity index (χ1v) is 17.7. The molecular formula is C42H45N3O8. The Morgan fingerprint density at radius 1 is 0.830 bits per heavy atom. The summed E-state index contributed by atoms with van der Waals surface area (Å²) in [6.07, 6.45) is 0.927. The molecule has 0 radical (unpaired) electrons. The van der Waals surface area contributed by atoms with Gasteiger partial charge in [-0.2, -0.15) is 0 Å². The van der Waals surface area contributed by atoms with Crippen molar-refractivity contribution in [3.8, 4) is 28.4 Å². The molecule has 1 unspecified atom stereocenters. The number of carbonyl (C=O) groups excluding carboxylic acids is 3. The Kier molecular flexibility index (Phi) is 10.5. The second-order valence-electron chi connectivity index (χ2n) is 14.2. The highest BCUT2D eigenvalue weighted by molar-refractivity contribution is 6.32. The van der Waals surface area contributed by atoms with Gasteiger partial charge in [-0.15, -0.1) is 0 Å². The zero-order valence-corrected chi connectivity index (χ0v) is 30.7. The number of hydrogen-bond donors (Lipinski definition) is 3. The highest BCUT2D eigenvalue weighted by Gasteiger charge is 2.39. The number of rotatable bonds is 10. The van der Waals surface area contributed by atoms with Crippen molar-refractivity contribution < 1.29 is 38.8 Å². The fourth-order valence-electron chi connectivity index (χ4n) is 7.13. The van der Waals surface area contributed by atoms with Gasteiger partial charge in [0, 0.05) is 43.9 Å². The molecule has 0 saturated carbocycles. The quantitative estimate of drug-likeness (QED) is 0.127. The maximum absolute atomic E-state index is 13.6. The van der Waals surface area contributed by atoms with Crippen molar-refractivity contribution in [3.63, 3.8) is 0 Å². The zero-order valence-electron chi connectivity index (χ0n) is 30.7. The molecule has 53 heavy (non-hydrogen) atoms. The van der Waals surface area contributed by atoms with E-state index in [0.717, 1.165) is 16.7 Å². The molecule has 0 aliphatic heterocycles. The van der Waals surface area contributed by atoms with E-state index in [9.17, 15) is 24.6 Å². The van der Waals surface area contributed by atoms with E-state index in [-0.39, 0.29) is 59.5 Å². The van der Waals surface area contributed by atoms with Crippen molar-refractivity contribution in [2.45, 2.75) is 45.1 Å². The predicted molar refractivity (Wildman–Crippen MR) is 200 cm³/mol. The molecule has 3 N–H and O–H groups in total. The van der Waals surface area contributed by atoms with Crippen molar-refractivity contribution in [3.05, 3.63) is 112 Å². The fourth-order valence-corrected chi connectivity index (χ4v) is 7.13. The third-order valence-electron chi connectivity index (χ3n) is 10.3. The average molecular weight is 720 g/mol. The van der Waals surface area contributed by atoms with Crippen LogP contribution in [0.5, 0.6) is 17.2 Å². The Morgan fingerprint density at radius 3 is 2.15 bits per heavy atom. The minimum Gasteiger partial charge on any atom is -0.507 e. The summed E-state index contributed by atoms with van der Waals surface area (Å²) < 4.78 is 16.8. The molecule has 276 valence electrons. The van der Waals surface area contributed by atoms with Crippen LogP contribution < -0.4 is 4.74 Å². The number of fused-ring (bicyclic) bond motifs is 3. The van der Waals surface area contributed by atoms with Crippen molar-refractivity contribution in [1.29, 1.82) is 5.41 Å². The number of nitrogens with zero attached hydrogens (tertiary/aromatic N) is 2. The summed E-state index contributed by atoms with van der Waals surface area (Å²) in [6, 6.07) is 22.8. The first kappa shape index (κ1) is 36.9.